The Morgan fingerprint density at radius 3 is 2.63 bits per heavy atom. The summed E-state index contributed by atoms with van der Waals surface area (Å²) >= 11 is 10.0. The molecule has 0 aliphatic rings. The first-order valence-corrected chi connectivity index (χ1v) is 8.51. The number of rotatable bonds is 4. The number of hydrogen-bond acceptors (Lipinski definition) is 4. The molecule has 0 aliphatic carbocycles. The van der Waals surface area contributed by atoms with E-state index in [2.05, 4.69) is 20.7 Å². The van der Waals surface area contributed by atoms with E-state index in [4.69, 9.17) is 16.3 Å². The zero-order valence-electron chi connectivity index (χ0n) is 9.68. The summed E-state index contributed by atoms with van der Waals surface area (Å²) in [6.07, 6.45) is 0. The fraction of sp³-hybridized carbons (Fsp3) is 0.0909. The second-order valence-corrected chi connectivity index (χ2v) is 8.05. The summed E-state index contributed by atoms with van der Waals surface area (Å²) < 4.78 is 33.2. The van der Waals surface area contributed by atoms with Crippen molar-refractivity contribution in [2.45, 2.75) is 4.21 Å². The molecule has 2 rings (SSSR count). The van der Waals surface area contributed by atoms with Gasteiger partial charge in [-0.2, -0.15) is 0 Å². The SMILES string of the molecule is COc1ccc(Br)cc1NS(=O)(=O)c1ccc(Cl)s1. The highest BCUT2D eigenvalue weighted by Crippen LogP contribution is 2.32. The third-order valence-electron chi connectivity index (χ3n) is 2.22. The first kappa shape index (κ1) is 14.6. The third kappa shape index (κ3) is 3.42. The number of thiophene rings is 1. The van der Waals surface area contributed by atoms with E-state index in [0.717, 1.165) is 15.8 Å². The van der Waals surface area contributed by atoms with Gasteiger partial charge in [-0.05, 0) is 30.3 Å². The molecule has 1 heterocycles. The maximum absolute atomic E-state index is 12.2. The van der Waals surface area contributed by atoms with Crippen LogP contribution in [-0.2, 0) is 10.0 Å². The Balaban J connectivity index is 2.38. The van der Waals surface area contributed by atoms with Crippen LogP contribution in [0.3, 0.4) is 0 Å². The van der Waals surface area contributed by atoms with Crippen molar-refractivity contribution in [3.63, 3.8) is 0 Å². The Hall–Kier alpha value is -0.760. The Kier molecular flexibility index (Phi) is 4.39. The van der Waals surface area contributed by atoms with E-state index in [1.54, 1.807) is 24.3 Å². The van der Waals surface area contributed by atoms with Crippen molar-refractivity contribution >= 4 is 54.6 Å². The zero-order chi connectivity index (χ0) is 14.0. The second kappa shape index (κ2) is 5.70. The highest BCUT2D eigenvalue weighted by atomic mass is 79.9. The largest absolute Gasteiger partial charge is 0.495 e. The van der Waals surface area contributed by atoms with Crippen LogP contribution in [0.4, 0.5) is 5.69 Å². The van der Waals surface area contributed by atoms with Gasteiger partial charge in [0.1, 0.15) is 9.96 Å². The molecule has 2 aromatic rings. The highest BCUT2D eigenvalue weighted by Gasteiger charge is 2.18. The van der Waals surface area contributed by atoms with E-state index in [9.17, 15) is 8.42 Å². The molecule has 0 saturated heterocycles. The predicted octanol–water partition coefficient (Wildman–Crippen LogP) is 3.97. The van der Waals surface area contributed by atoms with Crippen LogP contribution in [0.1, 0.15) is 0 Å². The lowest BCUT2D eigenvalue weighted by atomic mass is 10.3. The lowest BCUT2D eigenvalue weighted by molar-refractivity contribution is 0.417. The lowest BCUT2D eigenvalue weighted by Crippen LogP contribution is -2.12. The van der Waals surface area contributed by atoms with Gasteiger partial charge in [0.2, 0.25) is 0 Å². The first-order valence-electron chi connectivity index (χ1n) is 5.04. The van der Waals surface area contributed by atoms with Crippen LogP contribution in [-0.4, -0.2) is 15.5 Å². The summed E-state index contributed by atoms with van der Waals surface area (Å²) in [5.41, 5.74) is 0.362. The molecule has 0 bridgehead atoms. The number of anilines is 1. The number of hydrogen-bond donors (Lipinski definition) is 1. The standard InChI is InChI=1S/C11H9BrClNO3S2/c1-17-9-3-2-7(12)6-8(9)14-19(15,16)11-5-4-10(13)18-11/h2-6,14H,1H3. The van der Waals surface area contributed by atoms with Crippen LogP contribution in [0, 0.1) is 0 Å². The highest BCUT2D eigenvalue weighted by molar-refractivity contribution is 9.10. The number of ether oxygens (including phenoxy) is 1. The summed E-state index contributed by atoms with van der Waals surface area (Å²) in [7, 11) is -2.18. The van der Waals surface area contributed by atoms with Gasteiger partial charge in [-0.15, -0.1) is 11.3 Å². The van der Waals surface area contributed by atoms with Crippen molar-refractivity contribution in [3.8, 4) is 5.75 Å². The van der Waals surface area contributed by atoms with Crippen LogP contribution in [0.15, 0.2) is 39.0 Å². The maximum atomic E-state index is 12.2. The lowest BCUT2D eigenvalue weighted by Gasteiger charge is -2.11. The molecular formula is C11H9BrClNO3S2. The van der Waals surface area contributed by atoms with Crippen LogP contribution in [0.5, 0.6) is 5.75 Å². The molecule has 0 spiro atoms. The molecule has 0 unspecified atom stereocenters. The number of halogens is 2. The molecule has 1 aromatic heterocycles. The smallest absolute Gasteiger partial charge is 0.271 e. The normalized spacial score (nSPS) is 11.3. The molecule has 0 saturated carbocycles. The summed E-state index contributed by atoms with van der Waals surface area (Å²) in [4.78, 5) is 0. The average molecular weight is 383 g/mol. The second-order valence-electron chi connectivity index (χ2n) is 3.51. The molecule has 19 heavy (non-hydrogen) atoms. The molecule has 1 aromatic carbocycles. The van der Waals surface area contributed by atoms with Crippen LogP contribution in [0.2, 0.25) is 4.34 Å². The van der Waals surface area contributed by atoms with E-state index >= 15 is 0 Å². The monoisotopic (exact) mass is 381 g/mol. The summed E-state index contributed by atoms with van der Waals surface area (Å²) in [5.74, 6) is 0.439. The summed E-state index contributed by atoms with van der Waals surface area (Å²) in [5, 5.41) is 0. The van der Waals surface area contributed by atoms with Crippen LogP contribution < -0.4 is 9.46 Å². The van der Waals surface area contributed by atoms with E-state index < -0.39 is 10.0 Å². The summed E-state index contributed by atoms with van der Waals surface area (Å²) in [6.45, 7) is 0. The zero-order valence-corrected chi connectivity index (χ0v) is 13.7. The molecule has 0 atom stereocenters. The molecular weight excluding hydrogens is 374 g/mol. The molecule has 0 radical (unpaired) electrons. The number of methoxy groups -OCH3 is 1. The minimum atomic E-state index is -3.66. The molecule has 0 aliphatic heterocycles. The van der Waals surface area contributed by atoms with Crippen LogP contribution in [0.25, 0.3) is 0 Å². The molecule has 4 nitrogen and oxygen atoms in total. The van der Waals surface area contributed by atoms with E-state index in [0.29, 0.717) is 15.8 Å². The Bertz CT molecular complexity index is 700. The van der Waals surface area contributed by atoms with Gasteiger partial charge in [-0.1, -0.05) is 27.5 Å². The van der Waals surface area contributed by atoms with Crippen molar-refractivity contribution in [1.82, 2.24) is 0 Å². The molecule has 102 valence electrons. The summed E-state index contributed by atoms with van der Waals surface area (Å²) in [6, 6.07) is 8.06. The van der Waals surface area contributed by atoms with Gasteiger partial charge in [0.25, 0.3) is 10.0 Å². The van der Waals surface area contributed by atoms with Crippen molar-refractivity contribution in [1.29, 1.82) is 0 Å². The third-order valence-corrected chi connectivity index (χ3v) is 5.80. The van der Waals surface area contributed by atoms with Gasteiger partial charge in [0, 0.05) is 4.47 Å². The minimum absolute atomic E-state index is 0.152. The van der Waals surface area contributed by atoms with Crippen LogP contribution >= 0.6 is 38.9 Å². The van der Waals surface area contributed by atoms with Gasteiger partial charge in [0.15, 0.2) is 0 Å². The molecule has 0 fully saturated rings. The molecule has 8 heteroatoms. The maximum Gasteiger partial charge on any atom is 0.271 e. The fourth-order valence-corrected chi connectivity index (χ4v) is 4.30. The minimum Gasteiger partial charge on any atom is -0.495 e. The van der Waals surface area contributed by atoms with Crippen molar-refractivity contribution in [2.75, 3.05) is 11.8 Å². The fourth-order valence-electron chi connectivity index (χ4n) is 1.40. The van der Waals surface area contributed by atoms with Crippen molar-refractivity contribution < 1.29 is 13.2 Å². The Morgan fingerprint density at radius 1 is 1.32 bits per heavy atom. The predicted molar refractivity (Wildman–Crippen MR) is 80.8 cm³/mol. The average Bonchev–Trinajstić information content (AvgIpc) is 2.76. The van der Waals surface area contributed by atoms with Gasteiger partial charge in [-0.3, -0.25) is 4.72 Å². The first-order chi connectivity index (χ1) is 8.92. The Labute approximate surface area is 128 Å². The van der Waals surface area contributed by atoms with Gasteiger partial charge in [0.05, 0.1) is 17.1 Å². The molecule has 0 amide bonds. The number of nitrogens with one attached hydrogen (secondary N) is 1. The van der Waals surface area contributed by atoms with Gasteiger partial charge >= 0.3 is 0 Å². The van der Waals surface area contributed by atoms with E-state index in [-0.39, 0.29) is 4.21 Å². The number of benzene rings is 1. The van der Waals surface area contributed by atoms with Gasteiger partial charge < -0.3 is 4.74 Å². The topological polar surface area (TPSA) is 55.4 Å². The van der Waals surface area contributed by atoms with Gasteiger partial charge in [-0.25, -0.2) is 8.42 Å². The van der Waals surface area contributed by atoms with E-state index in [1.807, 2.05) is 0 Å². The van der Waals surface area contributed by atoms with Crippen molar-refractivity contribution in [3.05, 3.63) is 39.1 Å². The quantitative estimate of drug-likeness (QED) is 0.870. The molecule has 1 N–H and O–H groups in total. The van der Waals surface area contributed by atoms with Crippen molar-refractivity contribution in [2.24, 2.45) is 0 Å². The Morgan fingerprint density at radius 2 is 2.05 bits per heavy atom. The number of sulfonamides is 1. The van der Waals surface area contributed by atoms with E-state index in [1.165, 1.54) is 13.2 Å².